The van der Waals surface area contributed by atoms with E-state index in [-0.39, 0.29) is 12.1 Å². The largest absolute Gasteiger partial charge is 0.342 e. The van der Waals surface area contributed by atoms with Crippen molar-refractivity contribution < 1.29 is 4.79 Å². The van der Waals surface area contributed by atoms with Crippen LogP contribution in [0.5, 0.6) is 0 Å². The Bertz CT molecular complexity index is 487. The highest BCUT2D eigenvalue weighted by Gasteiger charge is 2.09. The molecule has 0 unspecified atom stereocenters. The van der Waals surface area contributed by atoms with Gasteiger partial charge in [0, 0.05) is 11.4 Å². The van der Waals surface area contributed by atoms with Gasteiger partial charge in [-0.15, -0.1) is 0 Å². The van der Waals surface area contributed by atoms with E-state index in [0.717, 1.165) is 10.9 Å². The summed E-state index contributed by atoms with van der Waals surface area (Å²) < 4.78 is 1.38. The van der Waals surface area contributed by atoms with Crippen LogP contribution in [-0.4, -0.2) is 21.9 Å². The first kappa shape index (κ1) is 9.71. The standard InChI is InChI=1S/C11H13N3O/c1-8(2)13-11(15)14-10-6-4-3-5-9(10)7-12-14/h3-8H,1-2H3,(H,13,15). The molecule has 4 nitrogen and oxygen atoms in total. The van der Waals surface area contributed by atoms with E-state index in [1.807, 2.05) is 38.1 Å². The average Bonchev–Trinajstić information content (AvgIpc) is 2.59. The van der Waals surface area contributed by atoms with Gasteiger partial charge in [0.05, 0.1) is 11.7 Å². The van der Waals surface area contributed by atoms with Crippen molar-refractivity contribution in [1.29, 1.82) is 0 Å². The topological polar surface area (TPSA) is 46.9 Å². The summed E-state index contributed by atoms with van der Waals surface area (Å²) in [5.74, 6) is 0. The highest BCUT2D eigenvalue weighted by atomic mass is 16.2. The van der Waals surface area contributed by atoms with E-state index in [1.165, 1.54) is 4.68 Å². The third-order valence-electron chi connectivity index (χ3n) is 2.08. The van der Waals surface area contributed by atoms with E-state index in [4.69, 9.17) is 0 Å². The molecule has 0 saturated carbocycles. The normalized spacial score (nSPS) is 10.9. The Morgan fingerprint density at radius 3 is 2.87 bits per heavy atom. The Morgan fingerprint density at radius 2 is 2.13 bits per heavy atom. The Hall–Kier alpha value is -1.84. The Labute approximate surface area is 87.9 Å². The van der Waals surface area contributed by atoms with Gasteiger partial charge in [0.25, 0.3) is 0 Å². The van der Waals surface area contributed by atoms with Crippen LogP contribution >= 0.6 is 0 Å². The first-order valence-corrected chi connectivity index (χ1v) is 4.92. The molecular weight excluding hydrogens is 190 g/mol. The summed E-state index contributed by atoms with van der Waals surface area (Å²) in [5.41, 5.74) is 0.829. The lowest BCUT2D eigenvalue weighted by molar-refractivity contribution is 0.238. The number of amides is 1. The van der Waals surface area contributed by atoms with Crippen LogP contribution in [0.4, 0.5) is 4.79 Å². The molecule has 0 radical (unpaired) electrons. The van der Waals surface area contributed by atoms with Crippen molar-refractivity contribution in [3.05, 3.63) is 30.5 Å². The minimum absolute atomic E-state index is 0.112. The van der Waals surface area contributed by atoms with Crippen LogP contribution in [-0.2, 0) is 0 Å². The van der Waals surface area contributed by atoms with Gasteiger partial charge in [-0.05, 0) is 19.9 Å². The maximum absolute atomic E-state index is 11.7. The van der Waals surface area contributed by atoms with Crippen molar-refractivity contribution in [2.24, 2.45) is 0 Å². The maximum Gasteiger partial charge on any atom is 0.342 e. The molecule has 0 fully saturated rings. The second-order valence-electron chi connectivity index (χ2n) is 3.72. The Balaban J connectivity index is 2.40. The number of rotatable bonds is 1. The highest BCUT2D eigenvalue weighted by Crippen LogP contribution is 2.11. The Kier molecular flexibility index (Phi) is 2.41. The smallest absolute Gasteiger partial charge is 0.334 e. The van der Waals surface area contributed by atoms with Crippen molar-refractivity contribution in [3.63, 3.8) is 0 Å². The third-order valence-corrected chi connectivity index (χ3v) is 2.08. The molecule has 0 aliphatic heterocycles. The molecule has 4 heteroatoms. The molecule has 15 heavy (non-hydrogen) atoms. The van der Waals surface area contributed by atoms with Crippen molar-refractivity contribution in [2.75, 3.05) is 0 Å². The second-order valence-corrected chi connectivity index (χ2v) is 3.72. The van der Waals surface area contributed by atoms with Crippen LogP contribution < -0.4 is 5.32 Å². The van der Waals surface area contributed by atoms with Crippen molar-refractivity contribution in [2.45, 2.75) is 19.9 Å². The fraction of sp³-hybridized carbons (Fsp3) is 0.273. The van der Waals surface area contributed by atoms with E-state index in [0.29, 0.717) is 0 Å². The minimum Gasteiger partial charge on any atom is -0.334 e. The van der Waals surface area contributed by atoms with E-state index in [1.54, 1.807) is 6.20 Å². The van der Waals surface area contributed by atoms with Crippen LogP contribution in [0.3, 0.4) is 0 Å². The molecule has 0 atom stereocenters. The van der Waals surface area contributed by atoms with Crippen molar-refractivity contribution in [1.82, 2.24) is 15.1 Å². The molecule has 1 N–H and O–H groups in total. The van der Waals surface area contributed by atoms with E-state index in [9.17, 15) is 4.79 Å². The predicted octanol–water partition coefficient (Wildman–Crippen LogP) is 2.00. The number of aromatic nitrogens is 2. The molecule has 1 heterocycles. The van der Waals surface area contributed by atoms with Gasteiger partial charge in [-0.25, -0.2) is 4.79 Å². The lowest BCUT2D eigenvalue weighted by Crippen LogP contribution is -2.34. The zero-order chi connectivity index (χ0) is 10.8. The summed E-state index contributed by atoms with van der Waals surface area (Å²) in [5, 5.41) is 7.82. The zero-order valence-electron chi connectivity index (χ0n) is 8.77. The lowest BCUT2D eigenvalue weighted by Gasteiger charge is -2.08. The van der Waals surface area contributed by atoms with Gasteiger partial charge < -0.3 is 5.32 Å². The van der Waals surface area contributed by atoms with Crippen LogP contribution in [0.2, 0.25) is 0 Å². The van der Waals surface area contributed by atoms with Crippen LogP contribution in [0, 0.1) is 0 Å². The number of carbonyl (C=O) groups excluding carboxylic acids is 1. The number of hydrogen-bond acceptors (Lipinski definition) is 2. The van der Waals surface area contributed by atoms with Gasteiger partial charge in [-0.1, -0.05) is 18.2 Å². The monoisotopic (exact) mass is 203 g/mol. The molecule has 0 bridgehead atoms. The molecular formula is C11H13N3O. The van der Waals surface area contributed by atoms with Crippen LogP contribution in [0.1, 0.15) is 13.8 Å². The number of nitrogens with zero attached hydrogens (tertiary/aromatic N) is 2. The summed E-state index contributed by atoms with van der Waals surface area (Å²) in [6, 6.07) is 7.55. The summed E-state index contributed by atoms with van der Waals surface area (Å²) in [6.45, 7) is 3.84. The fourth-order valence-corrected chi connectivity index (χ4v) is 1.44. The van der Waals surface area contributed by atoms with Gasteiger partial charge in [0.2, 0.25) is 0 Å². The Morgan fingerprint density at radius 1 is 1.40 bits per heavy atom. The first-order chi connectivity index (χ1) is 7.18. The van der Waals surface area contributed by atoms with Crippen LogP contribution in [0.25, 0.3) is 10.9 Å². The van der Waals surface area contributed by atoms with E-state index >= 15 is 0 Å². The number of fused-ring (bicyclic) bond motifs is 1. The molecule has 2 aromatic rings. The molecule has 0 saturated heterocycles. The summed E-state index contributed by atoms with van der Waals surface area (Å²) in [4.78, 5) is 11.7. The maximum atomic E-state index is 11.7. The quantitative estimate of drug-likeness (QED) is 0.770. The summed E-state index contributed by atoms with van der Waals surface area (Å²) in [7, 11) is 0. The molecule has 0 aliphatic carbocycles. The van der Waals surface area contributed by atoms with Gasteiger partial charge in [-0.2, -0.15) is 9.78 Å². The van der Waals surface area contributed by atoms with Crippen molar-refractivity contribution >= 4 is 16.9 Å². The van der Waals surface area contributed by atoms with Crippen LogP contribution in [0.15, 0.2) is 30.5 Å². The third kappa shape index (κ3) is 1.83. The van der Waals surface area contributed by atoms with Gasteiger partial charge in [0.1, 0.15) is 0 Å². The number of benzene rings is 1. The SMILES string of the molecule is CC(C)NC(=O)n1ncc2ccccc21. The molecule has 78 valence electrons. The second kappa shape index (κ2) is 3.73. The molecule has 1 aromatic heterocycles. The molecule has 0 spiro atoms. The summed E-state index contributed by atoms with van der Waals surface area (Å²) in [6.07, 6.45) is 1.69. The van der Waals surface area contributed by atoms with Gasteiger partial charge in [0.15, 0.2) is 0 Å². The number of nitrogens with one attached hydrogen (secondary N) is 1. The number of para-hydroxylation sites is 1. The molecule has 1 aromatic carbocycles. The molecule has 1 amide bonds. The number of hydrogen-bond donors (Lipinski definition) is 1. The minimum atomic E-state index is -0.189. The first-order valence-electron chi connectivity index (χ1n) is 4.92. The average molecular weight is 203 g/mol. The molecule has 0 aliphatic rings. The van der Waals surface area contributed by atoms with Crippen molar-refractivity contribution in [3.8, 4) is 0 Å². The van der Waals surface area contributed by atoms with E-state index < -0.39 is 0 Å². The lowest BCUT2D eigenvalue weighted by atomic mass is 10.3. The molecule has 2 rings (SSSR count). The fourth-order valence-electron chi connectivity index (χ4n) is 1.44. The predicted molar refractivity (Wildman–Crippen MR) is 58.8 cm³/mol. The summed E-state index contributed by atoms with van der Waals surface area (Å²) >= 11 is 0. The van der Waals surface area contributed by atoms with E-state index in [2.05, 4.69) is 10.4 Å². The zero-order valence-corrected chi connectivity index (χ0v) is 8.77. The number of carbonyl (C=O) groups is 1. The van der Waals surface area contributed by atoms with Gasteiger partial charge >= 0.3 is 6.03 Å². The van der Waals surface area contributed by atoms with Gasteiger partial charge in [-0.3, -0.25) is 0 Å². The highest BCUT2D eigenvalue weighted by molar-refractivity contribution is 5.89.